The van der Waals surface area contributed by atoms with Gasteiger partial charge < -0.3 is 9.94 Å². The van der Waals surface area contributed by atoms with E-state index in [9.17, 15) is 5.11 Å². The minimum atomic E-state index is 0.346. The van der Waals surface area contributed by atoms with Crippen LogP contribution in [0.3, 0.4) is 0 Å². The van der Waals surface area contributed by atoms with Gasteiger partial charge in [0.1, 0.15) is 12.4 Å². The Morgan fingerprint density at radius 2 is 1.93 bits per heavy atom. The van der Waals surface area contributed by atoms with E-state index in [1.54, 1.807) is 6.21 Å². The number of aromatic hydroxyl groups is 1. The predicted octanol–water partition coefficient (Wildman–Crippen LogP) is 2.38. The summed E-state index contributed by atoms with van der Waals surface area (Å²) in [5.74, 6) is 0.346. The highest BCUT2D eigenvalue weighted by atomic mass is 16.6. The summed E-state index contributed by atoms with van der Waals surface area (Å²) in [4.78, 5) is 4.85. The normalized spacial score (nSPS) is 10.8. The number of hydrogen-bond donors (Lipinski definition) is 1. The van der Waals surface area contributed by atoms with Crippen molar-refractivity contribution in [3.8, 4) is 5.75 Å². The van der Waals surface area contributed by atoms with Crippen molar-refractivity contribution in [1.29, 1.82) is 0 Å². The topological polar surface area (TPSA) is 41.8 Å². The first-order chi connectivity index (χ1) is 6.65. The molecule has 1 aromatic carbocycles. The number of phenols is 1. The quantitative estimate of drug-likeness (QED) is 0.591. The summed E-state index contributed by atoms with van der Waals surface area (Å²) in [6.45, 7) is 6.16. The Morgan fingerprint density at radius 3 is 2.43 bits per heavy atom. The average molecular weight is 193 g/mol. The second-order valence-corrected chi connectivity index (χ2v) is 3.16. The largest absolute Gasteiger partial charge is 0.507 e. The van der Waals surface area contributed by atoms with Crippen LogP contribution in [0, 0.1) is 13.8 Å². The minimum Gasteiger partial charge on any atom is -0.507 e. The van der Waals surface area contributed by atoms with Crippen molar-refractivity contribution in [1.82, 2.24) is 0 Å². The van der Waals surface area contributed by atoms with Gasteiger partial charge in [0.15, 0.2) is 0 Å². The Labute approximate surface area is 84.0 Å². The van der Waals surface area contributed by atoms with Crippen LogP contribution in [0.25, 0.3) is 0 Å². The van der Waals surface area contributed by atoms with Gasteiger partial charge in [-0.15, -0.1) is 0 Å². The number of hydrogen-bond acceptors (Lipinski definition) is 3. The maximum Gasteiger partial charge on any atom is 0.121 e. The standard InChI is InChI=1S/C11H15NO2/c1-4-14-12-7-10-5-8(2)11(13)9(3)6-10/h5-7,13H,4H2,1-3H3/b12-7+. The van der Waals surface area contributed by atoms with E-state index >= 15 is 0 Å². The van der Waals surface area contributed by atoms with Crippen LogP contribution in [0.2, 0.25) is 0 Å². The van der Waals surface area contributed by atoms with Gasteiger partial charge in [-0.2, -0.15) is 0 Å². The number of oxime groups is 1. The van der Waals surface area contributed by atoms with Gasteiger partial charge >= 0.3 is 0 Å². The van der Waals surface area contributed by atoms with E-state index in [0.29, 0.717) is 12.4 Å². The molecule has 0 saturated heterocycles. The van der Waals surface area contributed by atoms with Crippen molar-refractivity contribution >= 4 is 6.21 Å². The Morgan fingerprint density at radius 1 is 1.36 bits per heavy atom. The van der Waals surface area contributed by atoms with Crippen LogP contribution < -0.4 is 0 Å². The molecule has 0 aromatic heterocycles. The molecule has 3 nitrogen and oxygen atoms in total. The Hall–Kier alpha value is -1.51. The van der Waals surface area contributed by atoms with Crippen molar-refractivity contribution in [3.05, 3.63) is 28.8 Å². The van der Waals surface area contributed by atoms with Crippen LogP contribution in [0.5, 0.6) is 5.75 Å². The molecular formula is C11H15NO2. The van der Waals surface area contributed by atoms with Crippen molar-refractivity contribution in [2.24, 2.45) is 5.16 Å². The third-order valence-electron chi connectivity index (χ3n) is 1.92. The fraction of sp³-hybridized carbons (Fsp3) is 0.364. The van der Waals surface area contributed by atoms with Crippen molar-refractivity contribution < 1.29 is 9.94 Å². The second kappa shape index (κ2) is 4.65. The molecular weight excluding hydrogens is 178 g/mol. The van der Waals surface area contributed by atoms with Gasteiger partial charge in [0, 0.05) is 0 Å². The molecule has 0 atom stereocenters. The van der Waals surface area contributed by atoms with Crippen LogP contribution in [-0.4, -0.2) is 17.9 Å². The van der Waals surface area contributed by atoms with Gasteiger partial charge in [-0.1, -0.05) is 5.16 Å². The monoisotopic (exact) mass is 193 g/mol. The number of benzene rings is 1. The van der Waals surface area contributed by atoms with E-state index in [1.807, 2.05) is 32.9 Å². The van der Waals surface area contributed by atoms with Crippen molar-refractivity contribution in [2.75, 3.05) is 6.61 Å². The fourth-order valence-electron chi connectivity index (χ4n) is 1.24. The lowest BCUT2D eigenvalue weighted by Crippen LogP contribution is -1.88. The van der Waals surface area contributed by atoms with E-state index in [4.69, 9.17) is 4.84 Å². The molecule has 0 fully saturated rings. The fourth-order valence-corrected chi connectivity index (χ4v) is 1.24. The Balaban J connectivity index is 2.89. The molecule has 0 amide bonds. The van der Waals surface area contributed by atoms with E-state index in [1.165, 1.54) is 0 Å². The molecule has 0 bridgehead atoms. The second-order valence-electron chi connectivity index (χ2n) is 3.16. The molecule has 76 valence electrons. The zero-order valence-corrected chi connectivity index (χ0v) is 8.74. The summed E-state index contributed by atoms with van der Waals surface area (Å²) in [5, 5.41) is 13.3. The van der Waals surface area contributed by atoms with E-state index < -0.39 is 0 Å². The lowest BCUT2D eigenvalue weighted by molar-refractivity contribution is 0.160. The molecule has 3 heteroatoms. The number of rotatable bonds is 3. The molecule has 0 saturated carbocycles. The van der Waals surface area contributed by atoms with Gasteiger partial charge in [0.05, 0.1) is 6.21 Å². The van der Waals surface area contributed by atoms with Gasteiger partial charge in [0.2, 0.25) is 0 Å². The SMILES string of the molecule is CCO/N=C/c1cc(C)c(O)c(C)c1. The first-order valence-corrected chi connectivity index (χ1v) is 4.60. The van der Waals surface area contributed by atoms with E-state index in [2.05, 4.69) is 5.16 Å². The zero-order chi connectivity index (χ0) is 10.6. The van der Waals surface area contributed by atoms with Gasteiger partial charge in [-0.25, -0.2) is 0 Å². The minimum absolute atomic E-state index is 0.346. The highest BCUT2D eigenvalue weighted by Gasteiger charge is 2.01. The first-order valence-electron chi connectivity index (χ1n) is 4.60. The molecule has 0 heterocycles. The summed E-state index contributed by atoms with van der Waals surface area (Å²) < 4.78 is 0. The van der Waals surface area contributed by atoms with E-state index in [0.717, 1.165) is 16.7 Å². The Kier molecular flexibility index (Phi) is 3.51. The number of nitrogens with zero attached hydrogens (tertiary/aromatic N) is 1. The molecule has 0 aliphatic heterocycles. The van der Waals surface area contributed by atoms with Crippen LogP contribution in [0.1, 0.15) is 23.6 Å². The lowest BCUT2D eigenvalue weighted by Gasteiger charge is -2.03. The lowest BCUT2D eigenvalue weighted by atomic mass is 10.1. The van der Waals surface area contributed by atoms with E-state index in [-0.39, 0.29) is 0 Å². The summed E-state index contributed by atoms with van der Waals surface area (Å²) in [7, 11) is 0. The molecule has 0 spiro atoms. The summed E-state index contributed by atoms with van der Waals surface area (Å²) in [6, 6.07) is 3.73. The van der Waals surface area contributed by atoms with Crippen molar-refractivity contribution in [3.63, 3.8) is 0 Å². The number of aryl methyl sites for hydroxylation is 2. The van der Waals surface area contributed by atoms with Gasteiger partial charge in [0.25, 0.3) is 0 Å². The predicted molar refractivity (Wildman–Crippen MR) is 56.8 cm³/mol. The summed E-state index contributed by atoms with van der Waals surface area (Å²) in [5.41, 5.74) is 2.64. The molecule has 1 N–H and O–H groups in total. The highest BCUT2D eigenvalue weighted by molar-refractivity contribution is 5.80. The van der Waals surface area contributed by atoms with Crippen molar-refractivity contribution in [2.45, 2.75) is 20.8 Å². The van der Waals surface area contributed by atoms with Crippen LogP contribution in [0.4, 0.5) is 0 Å². The van der Waals surface area contributed by atoms with Gasteiger partial charge in [-0.3, -0.25) is 0 Å². The summed E-state index contributed by atoms with van der Waals surface area (Å²) >= 11 is 0. The van der Waals surface area contributed by atoms with Crippen LogP contribution in [0.15, 0.2) is 17.3 Å². The highest BCUT2D eigenvalue weighted by Crippen LogP contribution is 2.21. The molecule has 1 aromatic rings. The van der Waals surface area contributed by atoms with Crippen LogP contribution >= 0.6 is 0 Å². The average Bonchev–Trinajstić information content (AvgIpc) is 2.14. The molecule has 0 radical (unpaired) electrons. The maximum absolute atomic E-state index is 9.53. The molecule has 1 rings (SSSR count). The smallest absolute Gasteiger partial charge is 0.121 e. The maximum atomic E-state index is 9.53. The zero-order valence-electron chi connectivity index (χ0n) is 8.74. The molecule has 0 unspecified atom stereocenters. The summed E-state index contributed by atoms with van der Waals surface area (Å²) in [6.07, 6.45) is 1.64. The third-order valence-corrected chi connectivity index (χ3v) is 1.92. The van der Waals surface area contributed by atoms with Crippen LogP contribution in [-0.2, 0) is 4.84 Å². The molecule has 14 heavy (non-hydrogen) atoms. The van der Waals surface area contributed by atoms with Gasteiger partial charge in [-0.05, 0) is 49.6 Å². The number of phenolic OH excluding ortho intramolecular Hbond substituents is 1. The molecule has 0 aliphatic carbocycles. The molecule has 0 aliphatic rings. The first kappa shape index (κ1) is 10.6. The third kappa shape index (κ3) is 2.49. The Bertz CT molecular complexity index is 322.